The van der Waals surface area contributed by atoms with Gasteiger partial charge in [-0.2, -0.15) is 5.26 Å². The molecule has 17 heavy (non-hydrogen) atoms. The van der Waals surface area contributed by atoms with Gasteiger partial charge in [0.2, 0.25) is 0 Å². The van der Waals surface area contributed by atoms with E-state index in [9.17, 15) is 5.11 Å². The Bertz CT molecular complexity index is 570. The molecule has 3 heteroatoms. The van der Waals surface area contributed by atoms with Gasteiger partial charge in [-0.05, 0) is 58.3 Å². The number of benzene rings is 2. The van der Waals surface area contributed by atoms with Crippen LogP contribution in [-0.4, -0.2) is 5.11 Å². The minimum absolute atomic E-state index is 0.316. The van der Waals surface area contributed by atoms with Gasteiger partial charge in [0, 0.05) is 0 Å². The zero-order valence-electron chi connectivity index (χ0n) is 9.02. The Labute approximate surface area is 114 Å². The average molecular weight is 335 g/mol. The molecule has 0 aromatic heterocycles. The minimum atomic E-state index is 0.316. The van der Waals surface area contributed by atoms with Crippen molar-refractivity contribution < 1.29 is 5.11 Å². The Morgan fingerprint density at radius 3 is 2.47 bits per heavy atom. The third-order valence-corrected chi connectivity index (χ3v) is 3.78. The predicted molar refractivity (Wildman–Crippen MR) is 74.8 cm³/mol. The van der Waals surface area contributed by atoms with Crippen molar-refractivity contribution in [1.29, 1.82) is 5.26 Å². The lowest BCUT2D eigenvalue weighted by molar-refractivity contribution is 0.470. The molecule has 84 valence electrons. The first-order valence-electron chi connectivity index (χ1n) is 5.16. The molecule has 0 radical (unpaired) electrons. The van der Waals surface area contributed by atoms with Crippen LogP contribution in [0.3, 0.4) is 0 Å². The fraction of sp³-hybridized carbons (Fsp3) is 0.0714. The number of hydrogen-bond donors (Lipinski definition) is 1. The van der Waals surface area contributed by atoms with Crippen molar-refractivity contribution in [3.05, 3.63) is 62.7 Å². The van der Waals surface area contributed by atoms with Crippen LogP contribution < -0.4 is 0 Å². The van der Waals surface area contributed by atoms with E-state index in [0.717, 1.165) is 21.1 Å². The van der Waals surface area contributed by atoms with Crippen molar-refractivity contribution in [2.75, 3.05) is 0 Å². The lowest BCUT2D eigenvalue weighted by atomic mass is 10.0. The molecule has 0 aliphatic rings. The van der Waals surface area contributed by atoms with Crippen LogP contribution in [0.5, 0.6) is 5.75 Å². The number of nitriles is 1. The molecule has 2 aromatic carbocycles. The molecule has 0 aliphatic carbocycles. The maximum atomic E-state index is 9.61. The third kappa shape index (κ3) is 2.77. The maximum absolute atomic E-state index is 9.61. The Balaban J connectivity index is 2.26. The van der Waals surface area contributed by atoms with Gasteiger partial charge in [0.05, 0.1) is 15.2 Å². The summed E-state index contributed by atoms with van der Waals surface area (Å²) < 4.78 is 0.884. The second-order valence-corrected chi connectivity index (χ2v) is 4.81. The molecular formula is C14H10INO. The quantitative estimate of drug-likeness (QED) is 0.855. The van der Waals surface area contributed by atoms with Crippen molar-refractivity contribution in [2.24, 2.45) is 0 Å². The molecule has 0 aliphatic heterocycles. The second-order valence-electron chi connectivity index (χ2n) is 3.74. The molecule has 0 amide bonds. The Morgan fingerprint density at radius 1 is 1.12 bits per heavy atom. The fourth-order valence-corrected chi connectivity index (χ4v) is 2.17. The third-order valence-electron chi connectivity index (χ3n) is 2.54. The van der Waals surface area contributed by atoms with Crippen molar-refractivity contribution in [3.63, 3.8) is 0 Å². The predicted octanol–water partition coefficient (Wildman–Crippen LogP) is 3.46. The number of phenols is 1. The maximum Gasteiger partial charge on any atom is 0.129 e. The van der Waals surface area contributed by atoms with Crippen LogP contribution in [0.2, 0.25) is 0 Å². The smallest absolute Gasteiger partial charge is 0.129 e. The second kappa shape index (κ2) is 5.19. The molecule has 0 bridgehead atoms. The molecule has 2 nitrogen and oxygen atoms in total. The number of rotatable bonds is 2. The summed E-state index contributed by atoms with van der Waals surface area (Å²) >= 11 is 2.14. The highest BCUT2D eigenvalue weighted by Crippen LogP contribution is 2.24. The monoisotopic (exact) mass is 335 g/mol. The van der Waals surface area contributed by atoms with E-state index in [2.05, 4.69) is 28.7 Å². The first-order valence-corrected chi connectivity index (χ1v) is 6.24. The lowest BCUT2D eigenvalue weighted by Crippen LogP contribution is -1.92. The number of aromatic hydroxyl groups is 1. The van der Waals surface area contributed by atoms with Crippen LogP contribution in [0, 0.1) is 14.9 Å². The van der Waals surface area contributed by atoms with Gasteiger partial charge in [-0.15, -0.1) is 0 Å². The molecule has 2 aromatic rings. The van der Waals surface area contributed by atoms with Crippen LogP contribution in [0.1, 0.15) is 16.7 Å². The molecule has 0 atom stereocenters. The first kappa shape index (κ1) is 11.9. The largest absolute Gasteiger partial charge is 0.507 e. The summed E-state index contributed by atoms with van der Waals surface area (Å²) in [6, 6.07) is 15.1. The number of hydrogen-bond acceptors (Lipinski definition) is 2. The molecule has 2 rings (SSSR count). The van der Waals surface area contributed by atoms with E-state index in [1.54, 1.807) is 6.07 Å². The van der Waals surface area contributed by atoms with E-state index in [4.69, 9.17) is 5.26 Å². The van der Waals surface area contributed by atoms with E-state index < -0.39 is 0 Å². The lowest BCUT2D eigenvalue weighted by Gasteiger charge is -2.06. The zero-order chi connectivity index (χ0) is 12.3. The minimum Gasteiger partial charge on any atom is -0.507 e. The summed E-state index contributed by atoms with van der Waals surface area (Å²) in [6.07, 6.45) is 0.762. The van der Waals surface area contributed by atoms with E-state index in [-0.39, 0.29) is 0 Å². The normalized spacial score (nSPS) is 9.88. The Hall–Kier alpha value is -1.54. The molecule has 0 saturated carbocycles. The van der Waals surface area contributed by atoms with Crippen LogP contribution >= 0.6 is 22.6 Å². The standard InChI is InChI=1S/C14H10INO/c15-14-12(2-1-3-13(14)17)8-10-4-6-11(9-16)7-5-10/h1-7,17H,8H2. The Kier molecular flexibility index (Phi) is 3.64. The van der Waals surface area contributed by atoms with Gasteiger partial charge in [0.25, 0.3) is 0 Å². The van der Waals surface area contributed by atoms with Gasteiger partial charge >= 0.3 is 0 Å². The van der Waals surface area contributed by atoms with Crippen molar-refractivity contribution >= 4 is 22.6 Å². The van der Waals surface area contributed by atoms with E-state index in [0.29, 0.717) is 11.3 Å². The summed E-state index contributed by atoms with van der Waals surface area (Å²) in [5.74, 6) is 0.316. The number of nitrogens with zero attached hydrogens (tertiary/aromatic N) is 1. The average Bonchev–Trinajstić information content (AvgIpc) is 2.36. The zero-order valence-corrected chi connectivity index (χ0v) is 11.2. The SMILES string of the molecule is N#Cc1ccc(Cc2cccc(O)c2I)cc1. The molecule has 0 spiro atoms. The van der Waals surface area contributed by atoms with Crippen LogP contribution in [0.25, 0.3) is 0 Å². The van der Waals surface area contributed by atoms with Crippen molar-refractivity contribution in [3.8, 4) is 11.8 Å². The molecule has 0 fully saturated rings. The highest BCUT2D eigenvalue weighted by Gasteiger charge is 2.05. The number of phenolic OH excluding ortho intramolecular Hbond substituents is 1. The summed E-state index contributed by atoms with van der Waals surface area (Å²) in [5, 5.41) is 18.3. The van der Waals surface area contributed by atoms with Gasteiger partial charge in [0.1, 0.15) is 5.75 Å². The summed E-state index contributed by atoms with van der Waals surface area (Å²) in [5.41, 5.74) is 2.89. The van der Waals surface area contributed by atoms with Gasteiger partial charge in [-0.1, -0.05) is 24.3 Å². The number of halogens is 1. The summed E-state index contributed by atoms with van der Waals surface area (Å²) in [4.78, 5) is 0. The van der Waals surface area contributed by atoms with Gasteiger partial charge in [0.15, 0.2) is 0 Å². The highest BCUT2D eigenvalue weighted by atomic mass is 127. The van der Waals surface area contributed by atoms with E-state index in [1.807, 2.05) is 36.4 Å². The van der Waals surface area contributed by atoms with Crippen LogP contribution in [-0.2, 0) is 6.42 Å². The van der Waals surface area contributed by atoms with E-state index >= 15 is 0 Å². The topological polar surface area (TPSA) is 44.0 Å². The molecule has 0 unspecified atom stereocenters. The van der Waals surface area contributed by atoms with Gasteiger partial charge in [-0.25, -0.2) is 0 Å². The van der Waals surface area contributed by atoms with Gasteiger partial charge < -0.3 is 5.11 Å². The highest BCUT2D eigenvalue weighted by molar-refractivity contribution is 14.1. The molecular weight excluding hydrogens is 325 g/mol. The van der Waals surface area contributed by atoms with Crippen LogP contribution in [0.4, 0.5) is 0 Å². The van der Waals surface area contributed by atoms with Crippen molar-refractivity contribution in [1.82, 2.24) is 0 Å². The Morgan fingerprint density at radius 2 is 1.82 bits per heavy atom. The summed E-state index contributed by atoms with van der Waals surface area (Å²) in [6.45, 7) is 0. The molecule has 0 saturated heterocycles. The first-order chi connectivity index (χ1) is 8.20. The fourth-order valence-electron chi connectivity index (χ4n) is 1.62. The van der Waals surface area contributed by atoms with E-state index in [1.165, 1.54) is 0 Å². The van der Waals surface area contributed by atoms with Crippen molar-refractivity contribution in [2.45, 2.75) is 6.42 Å². The summed E-state index contributed by atoms with van der Waals surface area (Å²) in [7, 11) is 0. The van der Waals surface area contributed by atoms with Crippen LogP contribution in [0.15, 0.2) is 42.5 Å². The molecule has 1 N–H and O–H groups in total. The van der Waals surface area contributed by atoms with Gasteiger partial charge in [-0.3, -0.25) is 0 Å². The molecule has 0 heterocycles.